The first-order chi connectivity index (χ1) is 12.8. The number of Topliss-reactive ketones (excluding diaryl/α,β-unsaturated/α-hetero) is 1. The number of carbonyl (C=O) groups is 2. The van der Waals surface area contributed by atoms with Crippen LogP contribution in [0.4, 0.5) is 5.69 Å². The molecule has 0 N–H and O–H groups in total. The molecule has 27 heavy (non-hydrogen) atoms. The van der Waals surface area contributed by atoms with Crippen LogP contribution >= 0.6 is 0 Å². The second-order valence-electron chi connectivity index (χ2n) is 8.42. The molecule has 4 bridgehead atoms. The Bertz CT molecular complexity index is 851. The molecule has 1 aromatic heterocycles. The molecule has 8 heteroatoms. The first-order valence-corrected chi connectivity index (χ1v) is 9.32. The van der Waals surface area contributed by atoms with E-state index >= 15 is 0 Å². The summed E-state index contributed by atoms with van der Waals surface area (Å²) in [5, 5.41) is 11.2. The number of hydrogen-bond acceptors (Lipinski definition) is 6. The summed E-state index contributed by atoms with van der Waals surface area (Å²) >= 11 is 0. The van der Waals surface area contributed by atoms with Crippen molar-refractivity contribution in [3.05, 3.63) is 38.3 Å². The first kappa shape index (κ1) is 17.9. The zero-order valence-corrected chi connectivity index (χ0v) is 15.2. The highest BCUT2D eigenvalue weighted by Crippen LogP contribution is 2.60. The van der Waals surface area contributed by atoms with E-state index in [1.54, 1.807) is 0 Å². The average Bonchev–Trinajstić information content (AvgIpc) is 2.61. The Balaban J connectivity index is 1.67. The van der Waals surface area contributed by atoms with Crippen molar-refractivity contribution in [3.63, 3.8) is 0 Å². The number of nitro groups is 1. The van der Waals surface area contributed by atoms with E-state index in [0.717, 1.165) is 37.0 Å². The van der Waals surface area contributed by atoms with Gasteiger partial charge in [0.05, 0.1) is 24.1 Å². The predicted octanol–water partition coefficient (Wildman–Crippen LogP) is 2.33. The quantitative estimate of drug-likeness (QED) is 0.445. The molecule has 0 spiro atoms. The van der Waals surface area contributed by atoms with Gasteiger partial charge in [-0.05, 0) is 56.3 Å². The zero-order valence-electron chi connectivity index (χ0n) is 15.2. The van der Waals surface area contributed by atoms with Crippen LogP contribution in [0.2, 0.25) is 0 Å². The lowest BCUT2D eigenvalue weighted by atomic mass is 9.48. The molecular weight excluding hydrogens is 352 g/mol. The largest absolute Gasteiger partial charge is 0.465 e. The molecule has 4 aliphatic rings. The number of methoxy groups -OCH3 is 1. The van der Waals surface area contributed by atoms with Crippen molar-refractivity contribution in [2.24, 2.45) is 23.2 Å². The van der Waals surface area contributed by atoms with Crippen LogP contribution in [0.5, 0.6) is 0 Å². The molecule has 144 valence electrons. The van der Waals surface area contributed by atoms with Gasteiger partial charge in [-0.2, -0.15) is 0 Å². The molecule has 0 atom stereocenters. The maximum absolute atomic E-state index is 13.2. The fraction of sp³-hybridized carbons (Fsp3) is 0.632. The Morgan fingerprint density at radius 3 is 2.26 bits per heavy atom. The lowest BCUT2D eigenvalue weighted by Gasteiger charge is -2.56. The maximum atomic E-state index is 13.2. The standard InChI is InChI=1S/C19H22N2O6/c1-27-18(24)14-5-15(21(25)26)17(23)20(9-14)10-16(22)19-6-11-2-12(7-19)4-13(3-11)8-19/h5,9,11-13H,2-4,6-8,10H2,1H3. The summed E-state index contributed by atoms with van der Waals surface area (Å²) in [4.78, 5) is 47.8. The van der Waals surface area contributed by atoms with Gasteiger partial charge in [0.2, 0.25) is 0 Å². The highest BCUT2D eigenvalue weighted by Gasteiger charge is 2.54. The van der Waals surface area contributed by atoms with Gasteiger partial charge >= 0.3 is 17.2 Å². The minimum absolute atomic E-state index is 0.0417. The van der Waals surface area contributed by atoms with Crippen LogP contribution in [-0.2, 0) is 16.1 Å². The van der Waals surface area contributed by atoms with Crippen LogP contribution in [0.25, 0.3) is 0 Å². The van der Waals surface area contributed by atoms with Gasteiger partial charge in [0, 0.05) is 17.7 Å². The van der Waals surface area contributed by atoms with Gasteiger partial charge in [-0.25, -0.2) is 4.79 Å². The maximum Gasteiger partial charge on any atom is 0.339 e. The molecule has 1 aromatic rings. The predicted molar refractivity (Wildman–Crippen MR) is 94.3 cm³/mol. The van der Waals surface area contributed by atoms with Gasteiger partial charge in [-0.3, -0.25) is 19.7 Å². The van der Waals surface area contributed by atoms with Gasteiger partial charge < -0.3 is 9.30 Å². The van der Waals surface area contributed by atoms with E-state index in [1.807, 2.05) is 0 Å². The van der Waals surface area contributed by atoms with Crippen LogP contribution in [0.15, 0.2) is 17.1 Å². The third kappa shape index (κ3) is 2.96. The van der Waals surface area contributed by atoms with Gasteiger partial charge in [-0.15, -0.1) is 0 Å². The van der Waals surface area contributed by atoms with Crippen molar-refractivity contribution in [1.82, 2.24) is 4.57 Å². The number of ketones is 1. The molecule has 0 radical (unpaired) electrons. The summed E-state index contributed by atoms with van der Waals surface area (Å²) in [7, 11) is 1.16. The zero-order chi connectivity index (χ0) is 19.3. The van der Waals surface area contributed by atoms with E-state index in [9.17, 15) is 24.5 Å². The molecule has 4 saturated carbocycles. The number of nitrogens with zero attached hydrogens (tertiary/aromatic N) is 2. The summed E-state index contributed by atoms with van der Waals surface area (Å²) in [5.41, 5.74) is -2.12. The van der Waals surface area contributed by atoms with Gasteiger partial charge in [0.1, 0.15) is 0 Å². The summed E-state index contributed by atoms with van der Waals surface area (Å²) in [5.74, 6) is 0.905. The Labute approximate surface area is 155 Å². The fourth-order valence-electron chi connectivity index (χ4n) is 5.87. The van der Waals surface area contributed by atoms with Crippen molar-refractivity contribution in [3.8, 4) is 0 Å². The third-order valence-corrected chi connectivity index (χ3v) is 6.63. The molecule has 5 rings (SSSR count). The second kappa shape index (κ2) is 6.28. The number of carbonyl (C=O) groups excluding carboxylic acids is 2. The SMILES string of the molecule is COC(=O)c1cc([N+](=O)[O-])c(=O)n(CC(=O)C23CC4CC(CC(C4)C2)C3)c1. The van der Waals surface area contributed by atoms with Crippen LogP contribution in [0.3, 0.4) is 0 Å². The van der Waals surface area contributed by atoms with Gasteiger partial charge in [-0.1, -0.05) is 0 Å². The molecule has 4 fully saturated rings. The minimum Gasteiger partial charge on any atom is -0.465 e. The Morgan fingerprint density at radius 1 is 1.22 bits per heavy atom. The number of hydrogen-bond donors (Lipinski definition) is 0. The van der Waals surface area contributed by atoms with E-state index in [4.69, 9.17) is 0 Å². The first-order valence-electron chi connectivity index (χ1n) is 9.32. The molecule has 1 heterocycles. The highest BCUT2D eigenvalue weighted by atomic mass is 16.6. The van der Waals surface area contributed by atoms with Crippen molar-refractivity contribution in [2.75, 3.05) is 7.11 Å². The van der Waals surface area contributed by atoms with E-state index < -0.39 is 27.6 Å². The normalized spacial score (nSPS) is 30.9. The van der Waals surface area contributed by atoms with Crippen LogP contribution in [0, 0.1) is 33.3 Å². The molecular formula is C19H22N2O6. The van der Waals surface area contributed by atoms with Crippen LogP contribution in [-0.4, -0.2) is 28.4 Å². The van der Waals surface area contributed by atoms with Crippen molar-refractivity contribution >= 4 is 17.4 Å². The van der Waals surface area contributed by atoms with E-state index in [0.29, 0.717) is 17.8 Å². The van der Waals surface area contributed by atoms with Crippen molar-refractivity contribution in [2.45, 2.75) is 45.1 Å². The second-order valence-corrected chi connectivity index (χ2v) is 8.42. The molecule has 0 unspecified atom stereocenters. The topological polar surface area (TPSA) is 109 Å². The molecule has 4 aliphatic carbocycles. The number of pyridine rings is 1. The monoisotopic (exact) mass is 374 g/mol. The van der Waals surface area contributed by atoms with Crippen molar-refractivity contribution in [1.29, 1.82) is 0 Å². The number of esters is 1. The highest BCUT2D eigenvalue weighted by molar-refractivity contribution is 5.90. The lowest BCUT2D eigenvalue weighted by molar-refractivity contribution is -0.386. The molecule has 0 amide bonds. The van der Waals surface area contributed by atoms with Gasteiger partial charge in [0.15, 0.2) is 5.78 Å². The molecule has 0 saturated heterocycles. The molecule has 0 aromatic carbocycles. The number of ether oxygens (including phenoxy) is 1. The summed E-state index contributed by atoms with van der Waals surface area (Å²) in [6.45, 7) is -0.239. The molecule has 8 nitrogen and oxygen atoms in total. The van der Waals surface area contributed by atoms with E-state index in [2.05, 4.69) is 4.74 Å². The van der Waals surface area contributed by atoms with Crippen LogP contribution in [0.1, 0.15) is 48.9 Å². The number of aromatic nitrogens is 1. The van der Waals surface area contributed by atoms with E-state index in [1.165, 1.54) is 25.5 Å². The smallest absolute Gasteiger partial charge is 0.339 e. The average molecular weight is 374 g/mol. The number of rotatable bonds is 5. The Kier molecular flexibility index (Phi) is 4.16. The Morgan fingerprint density at radius 2 is 1.78 bits per heavy atom. The van der Waals surface area contributed by atoms with Crippen molar-refractivity contribution < 1.29 is 19.2 Å². The summed E-state index contributed by atoms with van der Waals surface area (Å²) in [6.07, 6.45) is 7.32. The lowest BCUT2D eigenvalue weighted by Crippen LogP contribution is -2.51. The van der Waals surface area contributed by atoms with E-state index in [-0.39, 0.29) is 17.9 Å². The fourth-order valence-corrected chi connectivity index (χ4v) is 5.87. The van der Waals surface area contributed by atoms with Gasteiger partial charge in [0.25, 0.3) is 0 Å². The third-order valence-electron chi connectivity index (χ3n) is 6.63. The minimum atomic E-state index is -0.870. The van der Waals surface area contributed by atoms with Crippen LogP contribution < -0.4 is 5.56 Å². The Hall–Kier alpha value is -2.51. The summed E-state index contributed by atoms with van der Waals surface area (Å²) < 4.78 is 5.61. The molecule has 0 aliphatic heterocycles. The summed E-state index contributed by atoms with van der Waals surface area (Å²) in [6, 6.07) is 0.903.